The summed E-state index contributed by atoms with van der Waals surface area (Å²) < 4.78 is 1.22. The number of hydrogen-bond acceptors (Lipinski definition) is 4. The van der Waals surface area contributed by atoms with E-state index in [0.717, 1.165) is 41.0 Å². The van der Waals surface area contributed by atoms with Crippen LogP contribution in [-0.2, 0) is 11.3 Å². The summed E-state index contributed by atoms with van der Waals surface area (Å²) in [5.41, 5.74) is 6.44. The third kappa shape index (κ3) is 4.90. The lowest BCUT2D eigenvalue weighted by molar-refractivity contribution is -0.117. The van der Waals surface area contributed by atoms with Gasteiger partial charge in [-0.25, -0.2) is 4.68 Å². The van der Waals surface area contributed by atoms with Crippen LogP contribution in [0.1, 0.15) is 36.0 Å². The van der Waals surface area contributed by atoms with Gasteiger partial charge in [-0.15, -0.1) is 0 Å². The van der Waals surface area contributed by atoms with Gasteiger partial charge in [-0.3, -0.25) is 9.59 Å². The van der Waals surface area contributed by atoms with Crippen LogP contribution in [0.15, 0.2) is 53.3 Å². The molecule has 0 radical (unpaired) electrons. The molecule has 0 saturated carbocycles. The third-order valence-corrected chi connectivity index (χ3v) is 5.99. The van der Waals surface area contributed by atoms with Crippen LogP contribution >= 0.6 is 0 Å². The van der Waals surface area contributed by atoms with Gasteiger partial charge >= 0.3 is 0 Å². The quantitative estimate of drug-likeness (QED) is 0.649. The van der Waals surface area contributed by atoms with Crippen molar-refractivity contribution >= 4 is 17.3 Å². The Hall–Kier alpha value is -3.41. The first kappa shape index (κ1) is 21.8. The topological polar surface area (TPSA) is 67.2 Å². The number of hydrogen-bond donors (Lipinski definition) is 1. The van der Waals surface area contributed by atoms with Gasteiger partial charge in [-0.1, -0.05) is 29.8 Å². The van der Waals surface area contributed by atoms with Gasteiger partial charge in [0.1, 0.15) is 6.54 Å². The van der Waals surface area contributed by atoms with Gasteiger partial charge < -0.3 is 10.2 Å². The molecule has 1 aromatic heterocycles. The molecule has 1 fully saturated rings. The molecule has 6 nitrogen and oxygen atoms in total. The minimum absolute atomic E-state index is 0.134. The molecule has 0 atom stereocenters. The van der Waals surface area contributed by atoms with Gasteiger partial charge in [-0.2, -0.15) is 5.10 Å². The van der Waals surface area contributed by atoms with Crippen molar-refractivity contribution in [1.82, 2.24) is 9.78 Å². The Morgan fingerprint density at radius 3 is 2.25 bits per heavy atom. The van der Waals surface area contributed by atoms with E-state index < -0.39 is 0 Å². The normalized spacial score (nSPS) is 13.8. The van der Waals surface area contributed by atoms with E-state index in [0.29, 0.717) is 5.69 Å². The van der Waals surface area contributed by atoms with E-state index in [-0.39, 0.29) is 18.0 Å². The summed E-state index contributed by atoms with van der Waals surface area (Å²) in [6.07, 6.45) is 3.77. The first-order chi connectivity index (χ1) is 15.4. The van der Waals surface area contributed by atoms with Gasteiger partial charge in [0.2, 0.25) is 5.91 Å². The predicted molar refractivity (Wildman–Crippen MR) is 129 cm³/mol. The van der Waals surface area contributed by atoms with E-state index in [1.165, 1.54) is 35.7 Å². The standard InChI is InChI=1S/C26H30N4O2/c1-18-15-19(2)26(20(3)16-18)27-24(31)17-30-25(32)12-11-23(28-30)21-7-9-22(10-8-21)29-13-5-4-6-14-29/h7-12,15-16H,4-6,13-14,17H2,1-3H3,(H,27,31). The summed E-state index contributed by atoms with van der Waals surface area (Å²) in [6.45, 7) is 8.02. The van der Waals surface area contributed by atoms with Gasteiger partial charge in [-0.05, 0) is 69.4 Å². The molecule has 0 spiro atoms. The molecule has 4 rings (SSSR count). The van der Waals surface area contributed by atoms with Crippen LogP contribution in [-0.4, -0.2) is 28.8 Å². The van der Waals surface area contributed by atoms with E-state index >= 15 is 0 Å². The molecule has 0 aliphatic carbocycles. The Morgan fingerprint density at radius 2 is 1.59 bits per heavy atom. The van der Waals surface area contributed by atoms with Gasteiger partial charge in [0.15, 0.2) is 0 Å². The molecule has 1 saturated heterocycles. The molecule has 32 heavy (non-hydrogen) atoms. The van der Waals surface area contributed by atoms with E-state index in [1.54, 1.807) is 6.07 Å². The van der Waals surface area contributed by atoms with Crippen LogP contribution in [0.2, 0.25) is 0 Å². The molecule has 1 aliphatic rings. The number of nitrogens with zero attached hydrogens (tertiary/aromatic N) is 3. The number of nitrogens with one attached hydrogen (secondary N) is 1. The van der Waals surface area contributed by atoms with Crippen LogP contribution in [0.3, 0.4) is 0 Å². The number of benzene rings is 2. The van der Waals surface area contributed by atoms with Crippen LogP contribution in [0.4, 0.5) is 11.4 Å². The fourth-order valence-corrected chi connectivity index (χ4v) is 4.40. The van der Waals surface area contributed by atoms with Crippen molar-refractivity contribution in [1.29, 1.82) is 0 Å². The number of carbonyl (C=O) groups is 1. The van der Waals surface area contributed by atoms with E-state index in [1.807, 2.05) is 45.0 Å². The highest BCUT2D eigenvalue weighted by Crippen LogP contribution is 2.24. The number of amides is 1. The maximum absolute atomic E-state index is 12.7. The lowest BCUT2D eigenvalue weighted by Gasteiger charge is -2.28. The Bertz CT molecular complexity index is 1150. The molecule has 166 valence electrons. The number of aromatic nitrogens is 2. The molecule has 2 aromatic carbocycles. The minimum atomic E-state index is -0.300. The summed E-state index contributed by atoms with van der Waals surface area (Å²) >= 11 is 0. The monoisotopic (exact) mass is 430 g/mol. The second kappa shape index (κ2) is 9.39. The second-order valence-electron chi connectivity index (χ2n) is 8.63. The maximum Gasteiger partial charge on any atom is 0.267 e. The van der Waals surface area contributed by atoms with Crippen LogP contribution in [0, 0.1) is 20.8 Å². The Balaban J connectivity index is 1.50. The Kier molecular flexibility index (Phi) is 6.40. The van der Waals surface area contributed by atoms with Crippen molar-refractivity contribution in [2.24, 2.45) is 0 Å². The van der Waals surface area contributed by atoms with Crippen molar-refractivity contribution in [2.45, 2.75) is 46.6 Å². The van der Waals surface area contributed by atoms with Gasteiger partial charge in [0.05, 0.1) is 5.69 Å². The highest BCUT2D eigenvalue weighted by Gasteiger charge is 2.13. The largest absolute Gasteiger partial charge is 0.372 e. The van der Waals surface area contributed by atoms with E-state index in [9.17, 15) is 9.59 Å². The zero-order valence-electron chi connectivity index (χ0n) is 19.0. The zero-order valence-corrected chi connectivity index (χ0v) is 19.0. The van der Waals surface area contributed by atoms with E-state index in [4.69, 9.17) is 0 Å². The van der Waals surface area contributed by atoms with Crippen molar-refractivity contribution in [2.75, 3.05) is 23.3 Å². The summed E-state index contributed by atoms with van der Waals surface area (Å²) in [5, 5.41) is 7.40. The smallest absolute Gasteiger partial charge is 0.267 e. The van der Waals surface area contributed by atoms with Crippen LogP contribution in [0.5, 0.6) is 0 Å². The predicted octanol–water partition coefficient (Wildman–Crippen LogP) is 4.46. The fourth-order valence-electron chi connectivity index (χ4n) is 4.40. The van der Waals surface area contributed by atoms with Gasteiger partial charge in [0, 0.05) is 36.1 Å². The fraction of sp³-hybridized carbons (Fsp3) is 0.346. The summed E-state index contributed by atoms with van der Waals surface area (Å²) in [5.74, 6) is -0.271. The first-order valence-electron chi connectivity index (χ1n) is 11.2. The molecule has 3 aromatic rings. The number of aryl methyl sites for hydroxylation is 3. The van der Waals surface area contributed by atoms with Crippen molar-refractivity contribution in [3.63, 3.8) is 0 Å². The third-order valence-electron chi connectivity index (χ3n) is 5.99. The van der Waals surface area contributed by atoms with Crippen molar-refractivity contribution in [3.8, 4) is 11.3 Å². The minimum Gasteiger partial charge on any atom is -0.372 e. The molecule has 6 heteroatoms. The molecule has 1 N–H and O–H groups in total. The molecular formula is C26H30N4O2. The van der Waals surface area contributed by atoms with Crippen molar-refractivity contribution in [3.05, 3.63) is 75.6 Å². The summed E-state index contributed by atoms with van der Waals surface area (Å²) in [6, 6.07) is 15.5. The van der Waals surface area contributed by atoms with E-state index in [2.05, 4.69) is 27.4 Å². The van der Waals surface area contributed by atoms with Crippen LogP contribution < -0.4 is 15.8 Å². The average molecular weight is 431 g/mol. The van der Waals surface area contributed by atoms with Gasteiger partial charge in [0.25, 0.3) is 5.56 Å². The lowest BCUT2D eigenvalue weighted by Crippen LogP contribution is -2.29. The number of carbonyl (C=O) groups excluding carboxylic acids is 1. The maximum atomic E-state index is 12.7. The average Bonchev–Trinajstić information content (AvgIpc) is 2.78. The second-order valence-corrected chi connectivity index (χ2v) is 8.63. The SMILES string of the molecule is Cc1cc(C)c(NC(=O)Cn2nc(-c3ccc(N4CCCCC4)cc3)ccc2=O)c(C)c1. The molecule has 2 heterocycles. The lowest BCUT2D eigenvalue weighted by atomic mass is 10.1. The first-order valence-corrected chi connectivity index (χ1v) is 11.2. The molecule has 0 unspecified atom stereocenters. The van der Waals surface area contributed by atoms with Crippen LogP contribution in [0.25, 0.3) is 11.3 Å². The molecular weight excluding hydrogens is 400 g/mol. The Morgan fingerprint density at radius 1 is 0.938 bits per heavy atom. The summed E-state index contributed by atoms with van der Waals surface area (Å²) in [4.78, 5) is 27.4. The molecule has 1 amide bonds. The Labute approximate surface area is 188 Å². The molecule has 1 aliphatic heterocycles. The highest BCUT2D eigenvalue weighted by molar-refractivity contribution is 5.92. The van der Waals surface area contributed by atoms with Crippen molar-refractivity contribution < 1.29 is 4.79 Å². The number of piperidine rings is 1. The number of rotatable bonds is 5. The zero-order chi connectivity index (χ0) is 22.7. The summed E-state index contributed by atoms with van der Waals surface area (Å²) in [7, 11) is 0. The highest BCUT2D eigenvalue weighted by atomic mass is 16.2. The molecule has 0 bridgehead atoms. The number of anilines is 2.